The maximum Gasteiger partial charge on any atom is 0.190 e. The van der Waals surface area contributed by atoms with Crippen LogP contribution in [0.25, 0.3) is 0 Å². The van der Waals surface area contributed by atoms with Crippen molar-refractivity contribution in [3.8, 4) is 11.8 Å². The molecule has 2 unspecified atom stereocenters. The van der Waals surface area contributed by atoms with Crippen LogP contribution in [0, 0.1) is 34.8 Å². The molecule has 1 aliphatic rings. The van der Waals surface area contributed by atoms with Crippen LogP contribution in [0.2, 0.25) is 0 Å². The number of ether oxygens (including phenoxy) is 1. The average molecular weight is 280 g/mol. The SMILES string of the molecule is N#Cc1cc(F)c(OCC2CCCCC2CN)c(F)c1. The molecule has 3 nitrogen and oxygen atoms in total. The molecule has 0 amide bonds. The Labute approximate surface area is 117 Å². The molecule has 1 saturated carbocycles. The molecule has 108 valence electrons. The monoisotopic (exact) mass is 280 g/mol. The minimum absolute atomic E-state index is 0.0511. The van der Waals surface area contributed by atoms with Crippen LogP contribution in [0.3, 0.4) is 0 Å². The number of nitriles is 1. The van der Waals surface area contributed by atoms with Crippen molar-refractivity contribution in [3.05, 3.63) is 29.3 Å². The van der Waals surface area contributed by atoms with Crippen LogP contribution < -0.4 is 10.5 Å². The Kier molecular flexibility index (Phi) is 4.91. The molecule has 0 spiro atoms. The Morgan fingerprint density at radius 1 is 1.20 bits per heavy atom. The fraction of sp³-hybridized carbons (Fsp3) is 0.533. The lowest BCUT2D eigenvalue weighted by atomic mass is 9.80. The molecule has 20 heavy (non-hydrogen) atoms. The Morgan fingerprint density at radius 3 is 2.35 bits per heavy atom. The highest BCUT2D eigenvalue weighted by Crippen LogP contribution is 2.31. The van der Waals surface area contributed by atoms with E-state index in [9.17, 15) is 8.78 Å². The lowest BCUT2D eigenvalue weighted by Gasteiger charge is -2.30. The largest absolute Gasteiger partial charge is 0.487 e. The summed E-state index contributed by atoms with van der Waals surface area (Å²) in [5.74, 6) is -1.47. The van der Waals surface area contributed by atoms with E-state index in [0.717, 1.165) is 37.8 Å². The molecule has 1 aliphatic carbocycles. The first kappa shape index (κ1) is 14.7. The summed E-state index contributed by atoms with van der Waals surface area (Å²) < 4.78 is 32.7. The lowest BCUT2D eigenvalue weighted by molar-refractivity contribution is 0.145. The van der Waals surface area contributed by atoms with Gasteiger partial charge < -0.3 is 10.5 Å². The Morgan fingerprint density at radius 2 is 1.80 bits per heavy atom. The van der Waals surface area contributed by atoms with Gasteiger partial charge in [0.05, 0.1) is 18.2 Å². The van der Waals surface area contributed by atoms with E-state index in [1.54, 1.807) is 6.07 Å². The van der Waals surface area contributed by atoms with E-state index in [1.807, 2.05) is 0 Å². The van der Waals surface area contributed by atoms with Gasteiger partial charge in [0.15, 0.2) is 17.4 Å². The van der Waals surface area contributed by atoms with Crippen LogP contribution in [-0.4, -0.2) is 13.2 Å². The van der Waals surface area contributed by atoms with Gasteiger partial charge in [0.2, 0.25) is 0 Å². The minimum Gasteiger partial charge on any atom is -0.487 e. The van der Waals surface area contributed by atoms with E-state index in [0.29, 0.717) is 12.5 Å². The van der Waals surface area contributed by atoms with Crippen LogP contribution in [0.15, 0.2) is 12.1 Å². The van der Waals surface area contributed by atoms with Crippen molar-refractivity contribution in [2.75, 3.05) is 13.2 Å². The molecule has 5 heteroatoms. The third-order valence-corrected chi connectivity index (χ3v) is 3.94. The molecule has 2 rings (SSSR count). The topological polar surface area (TPSA) is 59.0 Å². The van der Waals surface area contributed by atoms with Gasteiger partial charge in [-0.25, -0.2) is 8.78 Å². The molecule has 1 fully saturated rings. The first-order valence-electron chi connectivity index (χ1n) is 6.87. The van der Waals surface area contributed by atoms with Crippen molar-refractivity contribution < 1.29 is 13.5 Å². The van der Waals surface area contributed by atoms with Gasteiger partial charge >= 0.3 is 0 Å². The summed E-state index contributed by atoms with van der Waals surface area (Å²) in [5.41, 5.74) is 5.67. The number of nitrogens with two attached hydrogens (primary N) is 1. The predicted octanol–water partition coefficient (Wildman–Crippen LogP) is 2.98. The van der Waals surface area contributed by atoms with Crippen LogP contribution in [0.5, 0.6) is 5.75 Å². The molecule has 0 heterocycles. The second-order valence-corrected chi connectivity index (χ2v) is 5.23. The average Bonchev–Trinajstić information content (AvgIpc) is 2.46. The quantitative estimate of drug-likeness (QED) is 0.922. The molecule has 2 N–H and O–H groups in total. The number of nitrogens with zero attached hydrogens (tertiary/aromatic N) is 1. The molecule has 0 radical (unpaired) electrons. The Bertz CT molecular complexity index is 490. The zero-order valence-corrected chi connectivity index (χ0v) is 11.2. The summed E-state index contributed by atoms with van der Waals surface area (Å²) >= 11 is 0. The molecule has 2 atom stereocenters. The summed E-state index contributed by atoms with van der Waals surface area (Å²) in [6.07, 6.45) is 4.27. The van der Waals surface area contributed by atoms with Gasteiger partial charge in [-0.1, -0.05) is 12.8 Å². The van der Waals surface area contributed by atoms with Crippen molar-refractivity contribution in [2.45, 2.75) is 25.7 Å². The van der Waals surface area contributed by atoms with Gasteiger partial charge in [0, 0.05) is 0 Å². The molecular weight excluding hydrogens is 262 g/mol. The van der Waals surface area contributed by atoms with Gasteiger partial charge in [-0.2, -0.15) is 5.26 Å². The van der Waals surface area contributed by atoms with E-state index >= 15 is 0 Å². The highest BCUT2D eigenvalue weighted by molar-refractivity contribution is 5.37. The number of hydrogen-bond donors (Lipinski definition) is 1. The third kappa shape index (κ3) is 3.26. The van der Waals surface area contributed by atoms with Crippen molar-refractivity contribution in [1.82, 2.24) is 0 Å². The number of hydrogen-bond acceptors (Lipinski definition) is 3. The highest BCUT2D eigenvalue weighted by Gasteiger charge is 2.25. The third-order valence-electron chi connectivity index (χ3n) is 3.94. The van der Waals surface area contributed by atoms with Crippen LogP contribution in [0.4, 0.5) is 8.78 Å². The van der Waals surface area contributed by atoms with E-state index < -0.39 is 17.4 Å². The Balaban J connectivity index is 2.05. The molecule has 0 saturated heterocycles. The molecule has 1 aromatic carbocycles. The minimum atomic E-state index is -0.832. The summed E-state index contributed by atoms with van der Waals surface area (Å²) in [4.78, 5) is 0. The van der Waals surface area contributed by atoms with Gasteiger partial charge in [-0.15, -0.1) is 0 Å². The maximum absolute atomic E-state index is 13.7. The second kappa shape index (κ2) is 6.67. The number of rotatable bonds is 4. The zero-order valence-electron chi connectivity index (χ0n) is 11.2. The number of benzene rings is 1. The van der Waals surface area contributed by atoms with Crippen molar-refractivity contribution >= 4 is 0 Å². The molecule has 0 aromatic heterocycles. The van der Waals surface area contributed by atoms with Gasteiger partial charge in [-0.05, 0) is 43.4 Å². The van der Waals surface area contributed by atoms with Crippen LogP contribution in [-0.2, 0) is 0 Å². The summed E-state index contributed by atoms with van der Waals surface area (Å²) in [6.45, 7) is 0.841. The Hall–Kier alpha value is -1.67. The second-order valence-electron chi connectivity index (χ2n) is 5.23. The number of halogens is 2. The standard InChI is InChI=1S/C15H18F2N2O/c16-13-5-10(7-18)6-14(17)15(13)20-9-12-4-2-1-3-11(12)8-19/h5-6,11-12H,1-4,8-9,19H2. The lowest BCUT2D eigenvalue weighted by Crippen LogP contribution is -2.31. The first-order valence-corrected chi connectivity index (χ1v) is 6.87. The van der Waals surface area contributed by atoms with Crippen molar-refractivity contribution in [1.29, 1.82) is 5.26 Å². The van der Waals surface area contributed by atoms with Gasteiger partial charge in [-0.3, -0.25) is 0 Å². The van der Waals surface area contributed by atoms with Crippen LogP contribution in [0.1, 0.15) is 31.2 Å². The van der Waals surface area contributed by atoms with Crippen LogP contribution >= 0.6 is 0 Å². The maximum atomic E-state index is 13.7. The van der Waals surface area contributed by atoms with Crippen molar-refractivity contribution in [3.63, 3.8) is 0 Å². The van der Waals surface area contributed by atoms with Crippen molar-refractivity contribution in [2.24, 2.45) is 17.6 Å². The molecular formula is C15H18F2N2O. The fourth-order valence-corrected chi connectivity index (χ4v) is 2.77. The van der Waals surface area contributed by atoms with E-state index in [4.69, 9.17) is 15.7 Å². The van der Waals surface area contributed by atoms with Gasteiger partial charge in [0.25, 0.3) is 0 Å². The van der Waals surface area contributed by atoms with E-state index in [-0.39, 0.29) is 18.1 Å². The normalized spacial score (nSPS) is 22.3. The summed E-state index contributed by atoms with van der Waals surface area (Å²) in [6, 6.07) is 3.68. The first-order chi connectivity index (χ1) is 9.65. The van der Waals surface area contributed by atoms with E-state index in [2.05, 4.69) is 0 Å². The summed E-state index contributed by atoms with van der Waals surface area (Å²) in [5, 5.41) is 8.64. The van der Waals surface area contributed by atoms with Gasteiger partial charge in [0.1, 0.15) is 0 Å². The summed E-state index contributed by atoms with van der Waals surface area (Å²) in [7, 11) is 0. The molecule has 0 bridgehead atoms. The zero-order chi connectivity index (χ0) is 14.5. The predicted molar refractivity (Wildman–Crippen MR) is 71.1 cm³/mol. The fourth-order valence-electron chi connectivity index (χ4n) is 2.77. The smallest absolute Gasteiger partial charge is 0.190 e. The van der Waals surface area contributed by atoms with E-state index in [1.165, 1.54) is 0 Å². The highest BCUT2D eigenvalue weighted by atomic mass is 19.1. The molecule has 0 aliphatic heterocycles. The molecule has 1 aromatic rings.